The largest absolute Gasteiger partial charge is 0.367 e. The number of aromatic nitrogens is 3. The van der Waals surface area contributed by atoms with E-state index in [-0.39, 0.29) is 0 Å². The molecule has 1 fully saturated rings. The van der Waals surface area contributed by atoms with Crippen molar-refractivity contribution in [2.24, 2.45) is 0 Å². The Balaban J connectivity index is 0.000000167. The lowest BCUT2D eigenvalue weighted by atomic mass is 10.2. The number of H-pyrrole nitrogens is 1. The van der Waals surface area contributed by atoms with Gasteiger partial charge in [-0.1, -0.05) is 13.0 Å². The Bertz CT molecular complexity index is 915. The van der Waals surface area contributed by atoms with E-state index < -0.39 is 11.6 Å². The molecule has 4 rings (SSSR count). The zero-order valence-corrected chi connectivity index (χ0v) is 15.3. The van der Waals surface area contributed by atoms with E-state index in [2.05, 4.69) is 22.0 Å². The Morgan fingerprint density at radius 2 is 1.88 bits per heavy atom. The summed E-state index contributed by atoms with van der Waals surface area (Å²) in [5, 5.41) is 6.66. The highest BCUT2D eigenvalue weighted by molar-refractivity contribution is 7.71. The number of nitrogens with zero attached hydrogens (tertiary/aromatic N) is 4. The van der Waals surface area contributed by atoms with Crippen LogP contribution >= 0.6 is 12.2 Å². The van der Waals surface area contributed by atoms with Gasteiger partial charge in [0, 0.05) is 38.4 Å². The highest BCUT2D eigenvalue weighted by Crippen LogP contribution is 2.21. The van der Waals surface area contributed by atoms with E-state index in [9.17, 15) is 8.78 Å². The van der Waals surface area contributed by atoms with Gasteiger partial charge in [-0.25, -0.2) is 8.78 Å². The van der Waals surface area contributed by atoms with Crippen molar-refractivity contribution in [3.63, 3.8) is 0 Å². The molecule has 3 aromatic rings. The average molecular weight is 377 g/mol. The number of halogens is 2. The molecule has 0 unspecified atom stereocenters. The number of nitrogens with one attached hydrogen (secondary N) is 1. The summed E-state index contributed by atoms with van der Waals surface area (Å²) < 4.78 is 28.7. The zero-order chi connectivity index (χ0) is 18.5. The van der Waals surface area contributed by atoms with Crippen LogP contribution in [-0.2, 0) is 0 Å². The van der Waals surface area contributed by atoms with Gasteiger partial charge >= 0.3 is 0 Å². The highest BCUT2D eigenvalue weighted by Gasteiger charge is 2.18. The van der Waals surface area contributed by atoms with E-state index in [0.29, 0.717) is 10.5 Å². The summed E-state index contributed by atoms with van der Waals surface area (Å²) in [6, 6.07) is 9.51. The lowest BCUT2D eigenvalue weighted by molar-refractivity contribution is 0.270. The molecule has 26 heavy (non-hydrogen) atoms. The zero-order valence-electron chi connectivity index (χ0n) is 14.5. The normalized spacial score (nSPS) is 15.0. The molecule has 0 bridgehead atoms. The van der Waals surface area contributed by atoms with Crippen LogP contribution in [0.2, 0.25) is 0 Å². The second kappa shape index (κ2) is 8.37. The molecule has 0 amide bonds. The summed E-state index contributed by atoms with van der Waals surface area (Å²) in [5.74, 6) is -0.988. The molecule has 1 aromatic carbocycles. The maximum atomic E-state index is 13.5. The molecule has 3 heterocycles. The number of benzene rings is 1. The fourth-order valence-electron chi connectivity index (χ4n) is 2.90. The molecule has 2 aromatic heterocycles. The number of fused-ring (bicyclic) bond motifs is 1. The van der Waals surface area contributed by atoms with Gasteiger partial charge < -0.3 is 9.80 Å². The fraction of sp³-hybridized carbons (Fsp3) is 0.333. The number of hydrogen-bond acceptors (Lipinski definition) is 4. The first-order valence-corrected chi connectivity index (χ1v) is 8.93. The van der Waals surface area contributed by atoms with Crippen LogP contribution in [0.5, 0.6) is 0 Å². The summed E-state index contributed by atoms with van der Waals surface area (Å²) in [6.45, 7) is 6.63. The van der Waals surface area contributed by atoms with Gasteiger partial charge in [0.1, 0.15) is 11.6 Å². The Morgan fingerprint density at radius 1 is 1.12 bits per heavy atom. The van der Waals surface area contributed by atoms with Crippen LogP contribution in [0.25, 0.3) is 5.65 Å². The van der Waals surface area contributed by atoms with Gasteiger partial charge in [-0.3, -0.25) is 9.50 Å². The number of aromatic amines is 1. The van der Waals surface area contributed by atoms with Crippen LogP contribution in [-0.4, -0.2) is 52.2 Å². The van der Waals surface area contributed by atoms with Crippen molar-refractivity contribution in [3.05, 3.63) is 59.0 Å². The number of likely N-dealkylation sites (N-methyl/N-ethyl adjacent to an activating group) is 1. The molecule has 0 spiro atoms. The first-order chi connectivity index (χ1) is 12.6. The third-order valence-corrected chi connectivity index (χ3v) is 4.68. The quantitative estimate of drug-likeness (QED) is 0.694. The molecule has 1 saturated heterocycles. The van der Waals surface area contributed by atoms with Crippen LogP contribution in [0.1, 0.15) is 6.92 Å². The van der Waals surface area contributed by atoms with Gasteiger partial charge in [-0.05, 0) is 43.0 Å². The average Bonchev–Trinajstić information content (AvgIpc) is 3.04. The smallest absolute Gasteiger partial charge is 0.199 e. The highest BCUT2D eigenvalue weighted by atomic mass is 32.1. The third kappa shape index (κ3) is 4.25. The van der Waals surface area contributed by atoms with Gasteiger partial charge in [-0.15, -0.1) is 0 Å². The standard InChI is InChI=1S/C12H16F2N2.C6H5N3S/c1-2-15-5-7-16(8-6-15)12-4-3-10(13)9-11(12)14;10-6-8-7-5-3-1-2-4-9(5)6/h3-4,9H,2,5-8H2,1H3;1-4H,(H,8,10). The number of piperazine rings is 1. The Morgan fingerprint density at radius 3 is 2.54 bits per heavy atom. The Hall–Kier alpha value is -2.32. The minimum absolute atomic E-state index is 0.468. The number of hydrogen-bond donors (Lipinski definition) is 1. The second-order valence-corrected chi connectivity index (χ2v) is 6.36. The number of anilines is 1. The molecular weight excluding hydrogens is 356 g/mol. The summed E-state index contributed by atoms with van der Waals surface area (Å²) in [7, 11) is 0. The maximum Gasteiger partial charge on any atom is 0.199 e. The van der Waals surface area contributed by atoms with E-state index >= 15 is 0 Å². The number of rotatable bonds is 2. The third-order valence-electron chi connectivity index (χ3n) is 4.39. The summed E-state index contributed by atoms with van der Waals surface area (Å²) in [6.07, 6.45) is 1.88. The predicted octanol–water partition coefficient (Wildman–Crippen LogP) is 3.50. The minimum atomic E-state index is -0.520. The second-order valence-electron chi connectivity index (χ2n) is 5.97. The first-order valence-electron chi connectivity index (χ1n) is 8.52. The lowest BCUT2D eigenvalue weighted by Crippen LogP contribution is -2.46. The van der Waals surface area contributed by atoms with Crippen molar-refractivity contribution in [2.45, 2.75) is 6.92 Å². The topological polar surface area (TPSA) is 39.6 Å². The molecule has 1 aliphatic heterocycles. The van der Waals surface area contributed by atoms with Gasteiger partial charge in [0.15, 0.2) is 10.4 Å². The van der Waals surface area contributed by atoms with Gasteiger partial charge in [0.05, 0.1) is 5.69 Å². The monoisotopic (exact) mass is 377 g/mol. The van der Waals surface area contributed by atoms with Crippen molar-refractivity contribution in [1.82, 2.24) is 19.5 Å². The molecule has 0 radical (unpaired) electrons. The first kappa shape index (κ1) is 18.5. The molecule has 1 N–H and O–H groups in total. The summed E-state index contributed by atoms with van der Waals surface area (Å²) in [5.41, 5.74) is 1.37. The van der Waals surface area contributed by atoms with E-state index in [1.165, 1.54) is 12.1 Å². The van der Waals surface area contributed by atoms with Crippen LogP contribution in [0.4, 0.5) is 14.5 Å². The minimum Gasteiger partial charge on any atom is -0.367 e. The molecule has 5 nitrogen and oxygen atoms in total. The van der Waals surface area contributed by atoms with E-state index in [0.717, 1.165) is 44.4 Å². The molecule has 0 aliphatic carbocycles. The molecule has 138 valence electrons. The van der Waals surface area contributed by atoms with Crippen molar-refractivity contribution in [1.29, 1.82) is 0 Å². The molecule has 0 atom stereocenters. The number of pyridine rings is 1. The van der Waals surface area contributed by atoms with Crippen LogP contribution in [0.15, 0.2) is 42.6 Å². The van der Waals surface area contributed by atoms with Crippen LogP contribution < -0.4 is 4.90 Å². The Kier molecular flexibility index (Phi) is 5.95. The SMILES string of the molecule is CCN1CCN(c2ccc(F)cc2F)CC1.S=c1[nH]nc2ccccn12. The predicted molar refractivity (Wildman–Crippen MR) is 101 cm³/mol. The van der Waals surface area contributed by atoms with Gasteiger partial charge in [0.2, 0.25) is 0 Å². The van der Waals surface area contributed by atoms with Crippen molar-refractivity contribution < 1.29 is 8.78 Å². The molecular formula is C18H21F2N5S. The van der Waals surface area contributed by atoms with Gasteiger partial charge in [0.25, 0.3) is 0 Å². The van der Waals surface area contributed by atoms with E-state index in [4.69, 9.17) is 12.2 Å². The molecule has 1 aliphatic rings. The van der Waals surface area contributed by atoms with E-state index in [1.807, 2.05) is 33.7 Å². The molecule has 0 saturated carbocycles. The van der Waals surface area contributed by atoms with Crippen LogP contribution in [0, 0.1) is 16.4 Å². The lowest BCUT2D eigenvalue weighted by Gasteiger charge is -2.35. The summed E-state index contributed by atoms with van der Waals surface area (Å²) in [4.78, 5) is 4.29. The summed E-state index contributed by atoms with van der Waals surface area (Å²) >= 11 is 4.93. The van der Waals surface area contributed by atoms with Crippen LogP contribution in [0.3, 0.4) is 0 Å². The van der Waals surface area contributed by atoms with Gasteiger partial charge in [-0.2, -0.15) is 5.10 Å². The van der Waals surface area contributed by atoms with E-state index in [1.54, 1.807) is 0 Å². The van der Waals surface area contributed by atoms with Crippen molar-refractivity contribution in [2.75, 3.05) is 37.6 Å². The fourth-order valence-corrected chi connectivity index (χ4v) is 3.10. The van der Waals surface area contributed by atoms with Crippen molar-refractivity contribution in [3.8, 4) is 0 Å². The Labute approximate surface area is 155 Å². The van der Waals surface area contributed by atoms with Crippen molar-refractivity contribution >= 4 is 23.6 Å². The maximum absolute atomic E-state index is 13.5. The molecule has 8 heteroatoms.